The van der Waals surface area contributed by atoms with Gasteiger partial charge in [-0.15, -0.1) is 0 Å². The van der Waals surface area contributed by atoms with Crippen LogP contribution in [-0.2, 0) is 4.79 Å². The van der Waals surface area contributed by atoms with Gasteiger partial charge in [-0.2, -0.15) is 0 Å². The summed E-state index contributed by atoms with van der Waals surface area (Å²) in [6.45, 7) is 0. The molecule has 140 valence electrons. The number of H-pyrrole nitrogens is 1. The molecule has 1 N–H and O–H groups in total. The van der Waals surface area contributed by atoms with Crippen LogP contribution in [0.25, 0.3) is 10.9 Å². The van der Waals surface area contributed by atoms with Crippen LogP contribution >= 0.6 is 11.6 Å². The average Bonchev–Trinajstić information content (AvgIpc) is 3.10. The quantitative estimate of drug-likeness (QED) is 0.510. The van der Waals surface area contributed by atoms with Crippen LogP contribution in [0.3, 0.4) is 0 Å². The number of aromatic amines is 1. The second kappa shape index (κ2) is 7.79. The van der Waals surface area contributed by atoms with E-state index < -0.39 is 11.9 Å². The lowest BCUT2D eigenvalue weighted by Gasteiger charge is -2.19. The zero-order valence-electron chi connectivity index (χ0n) is 14.9. The van der Waals surface area contributed by atoms with Gasteiger partial charge in [-0.1, -0.05) is 41.9 Å². The summed E-state index contributed by atoms with van der Waals surface area (Å²) in [5.74, 6) is -0.146. The highest BCUT2D eigenvalue weighted by Gasteiger charge is 2.19. The first kappa shape index (κ1) is 18.1. The first-order valence-electron chi connectivity index (χ1n) is 8.89. The van der Waals surface area contributed by atoms with E-state index >= 15 is 0 Å². The Morgan fingerprint density at radius 1 is 1.00 bits per heavy atom. The number of aliphatic carboxylic acids is 1. The summed E-state index contributed by atoms with van der Waals surface area (Å²) in [7, 11) is 0. The molecule has 1 heterocycles. The van der Waals surface area contributed by atoms with E-state index in [1.54, 1.807) is 6.07 Å². The van der Waals surface area contributed by atoms with Crippen molar-refractivity contribution in [3.8, 4) is 11.5 Å². The third kappa shape index (κ3) is 3.87. The van der Waals surface area contributed by atoms with Gasteiger partial charge >= 0.3 is 0 Å². The minimum Gasteiger partial charge on any atom is -0.550 e. The SMILES string of the molecule is O=C([O-])C[C@@H](c1cccc(Oc2ccccc2)c1)c1c[nH]c2ccc(Cl)cc12. The largest absolute Gasteiger partial charge is 0.550 e. The second-order valence-electron chi connectivity index (χ2n) is 6.55. The normalized spacial score (nSPS) is 12.0. The first-order valence-corrected chi connectivity index (χ1v) is 9.27. The van der Waals surface area contributed by atoms with Crippen LogP contribution in [-0.4, -0.2) is 11.0 Å². The van der Waals surface area contributed by atoms with E-state index in [1.807, 2.05) is 72.9 Å². The lowest BCUT2D eigenvalue weighted by atomic mass is 9.88. The van der Waals surface area contributed by atoms with Crippen molar-refractivity contribution in [3.63, 3.8) is 0 Å². The molecule has 0 saturated carbocycles. The molecule has 3 aromatic carbocycles. The Morgan fingerprint density at radius 2 is 1.79 bits per heavy atom. The third-order valence-electron chi connectivity index (χ3n) is 4.66. The van der Waals surface area contributed by atoms with Crippen LogP contribution in [0.4, 0.5) is 0 Å². The molecular weight excluding hydrogens is 374 g/mol. The van der Waals surface area contributed by atoms with E-state index in [9.17, 15) is 9.90 Å². The number of halogens is 1. The van der Waals surface area contributed by atoms with Gasteiger partial charge in [-0.05, 0) is 60.0 Å². The topological polar surface area (TPSA) is 65.2 Å². The van der Waals surface area contributed by atoms with Gasteiger partial charge in [0.15, 0.2) is 0 Å². The van der Waals surface area contributed by atoms with Crippen molar-refractivity contribution in [3.05, 3.63) is 95.1 Å². The number of hydrogen-bond acceptors (Lipinski definition) is 3. The number of hydrogen-bond donors (Lipinski definition) is 1. The molecule has 0 aliphatic heterocycles. The Morgan fingerprint density at radius 3 is 2.57 bits per heavy atom. The summed E-state index contributed by atoms with van der Waals surface area (Å²) in [6.07, 6.45) is 1.69. The molecule has 1 atom stereocenters. The molecule has 28 heavy (non-hydrogen) atoms. The van der Waals surface area contributed by atoms with Crippen LogP contribution < -0.4 is 9.84 Å². The van der Waals surface area contributed by atoms with Crippen LogP contribution in [0.2, 0.25) is 5.02 Å². The Labute approximate surface area is 167 Å². The van der Waals surface area contributed by atoms with Gasteiger partial charge in [0.2, 0.25) is 0 Å². The highest BCUT2D eigenvalue weighted by molar-refractivity contribution is 6.31. The van der Waals surface area contributed by atoms with Gasteiger partial charge in [0.05, 0.1) is 0 Å². The number of rotatable bonds is 6. The molecule has 0 radical (unpaired) electrons. The molecular formula is C23H17ClNO3-. The van der Waals surface area contributed by atoms with Gasteiger partial charge in [0.25, 0.3) is 0 Å². The van der Waals surface area contributed by atoms with Gasteiger partial charge in [0.1, 0.15) is 11.5 Å². The summed E-state index contributed by atoms with van der Waals surface area (Å²) in [4.78, 5) is 14.7. The van der Waals surface area contributed by atoms with Gasteiger partial charge < -0.3 is 19.6 Å². The number of carbonyl (C=O) groups excluding carboxylic acids is 1. The average molecular weight is 391 g/mol. The maximum absolute atomic E-state index is 11.5. The van der Waals surface area contributed by atoms with Gasteiger partial charge in [-0.25, -0.2) is 0 Å². The maximum atomic E-state index is 11.5. The predicted molar refractivity (Wildman–Crippen MR) is 108 cm³/mol. The molecule has 1 aromatic heterocycles. The summed E-state index contributed by atoms with van der Waals surface area (Å²) in [5.41, 5.74) is 2.59. The number of carboxylic acid groups (broad SMARTS) is 1. The maximum Gasteiger partial charge on any atom is 0.127 e. The Bertz CT molecular complexity index is 1120. The number of aromatic nitrogens is 1. The number of benzene rings is 3. The molecule has 0 unspecified atom stereocenters. The molecule has 4 aromatic rings. The fourth-order valence-electron chi connectivity index (χ4n) is 3.40. The molecule has 0 fully saturated rings. The van der Waals surface area contributed by atoms with Gasteiger partial charge in [-0.3, -0.25) is 0 Å². The number of fused-ring (bicyclic) bond motifs is 1. The van der Waals surface area contributed by atoms with Crippen molar-refractivity contribution in [2.24, 2.45) is 0 Å². The number of carboxylic acids is 1. The van der Waals surface area contributed by atoms with Crippen molar-refractivity contribution in [2.75, 3.05) is 0 Å². The molecule has 4 rings (SSSR count). The third-order valence-corrected chi connectivity index (χ3v) is 4.90. The lowest BCUT2D eigenvalue weighted by molar-refractivity contribution is -0.305. The van der Waals surface area contributed by atoms with Crippen LogP contribution in [0.5, 0.6) is 11.5 Å². The molecule has 0 saturated heterocycles. The van der Waals surface area contributed by atoms with E-state index in [4.69, 9.17) is 16.3 Å². The van der Waals surface area contributed by atoms with Gasteiger partial charge in [0, 0.05) is 34.0 Å². The smallest absolute Gasteiger partial charge is 0.127 e. The van der Waals surface area contributed by atoms with Crippen molar-refractivity contribution >= 4 is 28.5 Å². The Balaban J connectivity index is 1.74. The standard InChI is InChI=1S/C23H18ClNO3/c24-16-9-10-22-20(12-16)21(14-25-22)19(13-23(26)27)15-5-4-8-18(11-15)28-17-6-2-1-3-7-17/h1-12,14,19,25H,13H2,(H,26,27)/p-1/t19-/m0/s1. The van der Waals surface area contributed by atoms with Crippen molar-refractivity contribution in [2.45, 2.75) is 12.3 Å². The van der Waals surface area contributed by atoms with Crippen molar-refractivity contribution < 1.29 is 14.6 Å². The zero-order valence-corrected chi connectivity index (χ0v) is 15.6. The van der Waals surface area contributed by atoms with Crippen molar-refractivity contribution in [1.29, 1.82) is 0 Å². The number of nitrogens with one attached hydrogen (secondary N) is 1. The first-order chi connectivity index (χ1) is 13.6. The van der Waals surface area contributed by atoms with Crippen LogP contribution in [0.1, 0.15) is 23.5 Å². The van der Waals surface area contributed by atoms with E-state index in [2.05, 4.69) is 4.98 Å². The van der Waals surface area contributed by atoms with Crippen molar-refractivity contribution in [1.82, 2.24) is 4.98 Å². The summed E-state index contributed by atoms with van der Waals surface area (Å²) < 4.78 is 5.91. The number of ether oxygens (including phenoxy) is 1. The Kier molecular flexibility index (Phi) is 5.04. The van der Waals surface area contributed by atoms with E-state index in [0.29, 0.717) is 10.8 Å². The molecule has 0 spiro atoms. The highest BCUT2D eigenvalue weighted by atomic mass is 35.5. The number of carbonyl (C=O) groups is 1. The summed E-state index contributed by atoms with van der Waals surface area (Å²) >= 11 is 6.16. The van der Waals surface area contributed by atoms with Crippen LogP contribution in [0.15, 0.2) is 79.0 Å². The van der Waals surface area contributed by atoms with E-state index in [-0.39, 0.29) is 6.42 Å². The van der Waals surface area contributed by atoms with Crippen LogP contribution in [0, 0.1) is 0 Å². The molecule has 0 amide bonds. The molecule has 4 nitrogen and oxygen atoms in total. The minimum absolute atomic E-state index is 0.145. The highest BCUT2D eigenvalue weighted by Crippen LogP contribution is 2.36. The molecule has 0 aliphatic carbocycles. The summed E-state index contributed by atoms with van der Waals surface area (Å²) in [6, 6.07) is 22.4. The van der Waals surface area contributed by atoms with E-state index in [1.165, 1.54) is 0 Å². The number of para-hydroxylation sites is 1. The monoisotopic (exact) mass is 390 g/mol. The fraction of sp³-hybridized carbons (Fsp3) is 0.0870. The minimum atomic E-state index is -1.12. The molecule has 0 bridgehead atoms. The fourth-order valence-corrected chi connectivity index (χ4v) is 3.57. The molecule has 5 heteroatoms. The summed E-state index contributed by atoms with van der Waals surface area (Å²) in [5, 5.41) is 13.0. The zero-order chi connectivity index (χ0) is 19.5. The Hall–Kier alpha value is -3.24. The van der Waals surface area contributed by atoms with E-state index in [0.717, 1.165) is 27.8 Å². The predicted octanol–water partition coefficient (Wildman–Crippen LogP) is 4.89. The second-order valence-corrected chi connectivity index (χ2v) is 6.99. The lowest BCUT2D eigenvalue weighted by Crippen LogP contribution is -2.24. The molecule has 0 aliphatic rings.